The minimum absolute atomic E-state index is 0.126. The molecule has 0 unspecified atom stereocenters. The highest BCUT2D eigenvalue weighted by molar-refractivity contribution is 7.89. The molecule has 0 atom stereocenters. The SMILES string of the molecule is Cc1cc(CNS(=O)(=O)c2cccnc2)ncn1. The third kappa shape index (κ3) is 3.08. The number of hydrogen-bond donors (Lipinski definition) is 1. The van der Waals surface area contributed by atoms with E-state index < -0.39 is 10.0 Å². The zero-order chi connectivity index (χ0) is 13.0. The Kier molecular flexibility index (Phi) is 3.63. The van der Waals surface area contributed by atoms with Crippen LogP contribution in [0.1, 0.15) is 11.4 Å². The first-order valence-corrected chi connectivity index (χ1v) is 6.73. The first kappa shape index (κ1) is 12.6. The van der Waals surface area contributed by atoms with Gasteiger partial charge in [0.05, 0.1) is 12.2 Å². The zero-order valence-electron chi connectivity index (χ0n) is 9.74. The van der Waals surface area contributed by atoms with Crippen LogP contribution in [0.15, 0.2) is 41.8 Å². The van der Waals surface area contributed by atoms with Gasteiger partial charge in [0.25, 0.3) is 0 Å². The number of hydrogen-bond acceptors (Lipinski definition) is 5. The van der Waals surface area contributed by atoms with E-state index >= 15 is 0 Å². The van der Waals surface area contributed by atoms with Gasteiger partial charge >= 0.3 is 0 Å². The summed E-state index contributed by atoms with van der Waals surface area (Å²) in [6.45, 7) is 1.95. The van der Waals surface area contributed by atoms with E-state index in [1.165, 1.54) is 24.8 Å². The second-order valence-electron chi connectivity index (χ2n) is 3.66. The highest BCUT2D eigenvalue weighted by atomic mass is 32.2. The third-order valence-electron chi connectivity index (χ3n) is 2.25. The summed E-state index contributed by atoms with van der Waals surface area (Å²) in [4.78, 5) is 11.8. The summed E-state index contributed by atoms with van der Waals surface area (Å²) < 4.78 is 26.3. The standard InChI is InChI=1S/C11H12N4O2S/c1-9-5-10(14-8-13-9)6-15-18(16,17)11-3-2-4-12-7-11/h2-5,7-8,15H,6H2,1H3. The fourth-order valence-electron chi connectivity index (χ4n) is 1.36. The smallest absolute Gasteiger partial charge is 0.242 e. The van der Waals surface area contributed by atoms with Gasteiger partial charge in [-0.1, -0.05) is 0 Å². The molecule has 0 aliphatic heterocycles. The molecule has 0 aliphatic carbocycles. The topological polar surface area (TPSA) is 84.8 Å². The van der Waals surface area contributed by atoms with Crippen molar-refractivity contribution in [3.63, 3.8) is 0 Å². The van der Waals surface area contributed by atoms with E-state index in [1.807, 2.05) is 6.92 Å². The van der Waals surface area contributed by atoms with Crippen molar-refractivity contribution in [3.8, 4) is 0 Å². The highest BCUT2D eigenvalue weighted by Crippen LogP contribution is 2.06. The van der Waals surface area contributed by atoms with E-state index in [-0.39, 0.29) is 11.4 Å². The Morgan fingerprint density at radius 1 is 1.33 bits per heavy atom. The Morgan fingerprint density at radius 3 is 2.83 bits per heavy atom. The van der Waals surface area contributed by atoms with E-state index in [1.54, 1.807) is 12.1 Å². The monoisotopic (exact) mass is 264 g/mol. The molecule has 2 heterocycles. The normalized spacial score (nSPS) is 11.4. The van der Waals surface area contributed by atoms with Gasteiger partial charge in [0.15, 0.2) is 0 Å². The summed E-state index contributed by atoms with van der Waals surface area (Å²) in [6, 6.07) is 4.79. The zero-order valence-corrected chi connectivity index (χ0v) is 10.6. The Labute approximate surface area is 105 Å². The van der Waals surface area contributed by atoms with Crippen LogP contribution in [0.3, 0.4) is 0 Å². The fourth-order valence-corrected chi connectivity index (χ4v) is 2.33. The molecule has 0 aliphatic rings. The van der Waals surface area contributed by atoms with Gasteiger partial charge in [0.2, 0.25) is 10.0 Å². The molecule has 0 saturated carbocycles. The molecule has 2 rings (SSSR count). The average Bonchev–Trinajstić information content (AvgIpc) is 2.38. The lowest BCUT2D eigenvalue weighted by Crippen LogP contribution is -2.23. The van der Waals surface area contributed by atoms with E-state index in [0.29, 0.717) is 5.69 Å². The van der Waals surface area contributed by atoms with Crippen molar-refractivity contribution in [2.24, 2.45) is 0 Å². The van der Waals surface area contributed by atoms with Gasteiger partial charge < -0.3 is 0 Å². The molecule has 18 heavy (non-hydrogen) atoms. The number of nitrogens with zero attached hydrogens (tertiary/aromatic N) is 3. The second kappa shape index (κ2) is 5.19. The molecule has 0 saturated heterocycles. The number of pyridine rings is 1. The molecule has 6 nitrogen and oxygen atoms in total. The molecule has 1 N–H and O–H groups in total. The Balaban J connectivity index is 2.11. The van der Waals surface area contributed by atoms with E-state index in [0.717, 1.165) is 5.69 Å². The highest BCUT2D eigenvalue weighted by Gasteiger charge is 2.13. The molecule has 2 aromatic rings. The largest absolute Gasteiger partial charge is 0.263 e. The summed E-state index contributed by atoms with van der Waals surface area (Å²) in [5.41, 5.74) is 1.41. The summed E-state index contributed by atoms with van der Waals surface area (Å²) in [5.74, 6) is 0. The molecule has 0 spiro atoms. The van der Waals surface area contributed by atoms with Crippen molar-refractivity contribution in [1.82, 2.24) is 19.7 Å². The summed E-state index contributed by atoms with van der Waals surface area (Å²) in [5, 5.41) is 0. The maximum Gasteiger partial charge on any atom is 0.242 e. The van der Waals surface area contributed by atoms with Crippen LogP contribution in [0, 0.1) is 6.92 Å². The van der Waals surface area contributed by atoms with E-state index in [9.17, 15) is 8.42 Å². The van der Waals surface area contributed by atoms with Crippen molar-refractivity contribution in [3.05, 3.63) is 48.3 Å². The van der Waals surface area contributed by atoms with Gasteiger partial charge in [-0.05, 0) is 25.1 Å². The predicted octanol–water partition coefficient (Wildman–Crippen LogP) is 0.659. The number of rotatable bonds is 4. The summed E-state index contributed by atoms with van der Waals surface area (Å²) >= 11 is 0. The van der Waals surface area contributed by atoms with Crippen LogP contribution in [0.2, 0.25) is 0 Å². The van der Waals surface area contributed by atoms with Crippen molar-refractivity contribution in [1.29, 1.82) is 0 Å². The molecule has 0 radical (unpaired) electrons. The van der Waals surface area contributed by atoms with Crippen molar-refractivity contribution >= 4 is 10.0 Å². The minimum Gasteiger partial charge on any atom is -0.263 e. The summed E-state index contributed by atoms with van der Waals surface area (Å²) in [6.07, 6.45) is 4.23. The van der Waals surface area contributed by atoms with Crippen LogP contribution >= 0.6 is 0 Å². The number of aryl methyl sites for hydroxylation is 1. The lowest BCUT2D eigenvalue weighted by atomic mass is 10.3. The second-order valence-corrected chi connectivity index (χ2v) is 5.43. The van der Waals surface area contributed by atoms with Gasteiger partial charge in [-0.15, -0.1) is 0 Å². The summed E-state index contributed by atoms with van der Waals surface area (Å²) in [7, 11) is -3.54. The van der Waals surface area contributed by atoms with Crippen LogP contribution in [0.25, 0.3) is 0 Å². The van der Waals surface area contributed by atoms with Crippen molar-refractivity contribution < 1.29 is 8.42 Å². The molecule has 0 bridgehead atoms. The Morgan fingerprint density at radius 2 is 2.17 bits per heavy atom. The van der Waals surface area contributed by atoms with Gasteiger partial charge in [-0.2, -0.15) is 0 Å². The van der Waals surface area contributed by atoms with Gasteiger partial charge in [0, 0.05) is 18.1 Å². The van der Waals surface area contributed by atoms with Gasteiger partial charge in [-0.3, -0.25) is 4.98 Å². The number of sulfonamides is 1. The lowest BCUT2D eigenvalue weighted by Gasteiger charge is -2.05. The third-order valence-corrected chi connectivity index (χ3v) is 3.63. The average molecular weight is 264 g/mol. The molecule has 0 amide bonds. The molecular formula is C11H12N4O2S. The Bertz CT molecular complexity index is 629. The maximum absolute atomic E-state index is 11.9. The van der Waals surface area contributed by atoms with Gasteiger partial charge in [-0.25, -0.2) is 23.1 Å². The lowest BCUT2D eigenvalue weighted by molar-refractivity contribution is 0.580. The number of nitrogens with one attached hydrogen (secondary N) is 1. The predicted molar refractivity (Wildman–Crippen MR) is 65.0 cm³/mol. The van der Waals surface area contributed by atoms with Crippen molar-refractivity contribution in [2.75, 3.05) is 0 Å². The molecule has 7 heteroatoms. The van der Waals surface area contributed by atoms with Crippen LogP contribution in [-0.4, -0.2) is 23.4 Å². The molecule has 94 valence electrons. The number of aromatic nitrogens is 3. The first-order valence-electron chi connectivity index (χ1n) is 5.25. The quantitative estimate of drug-likeness (QED) is 0.876. The minimum atomic E-state index is -3.54. The van der Waals surface area contributed by atoms with Crippen molar-refractivity contribution in [2.45, 2.75) is 18.4 Å². The molecule has 0 fully saturated rings. The van der Waals surface area contributed by atoms with Crippen LogP contribution < -0.4 is 4.72 Å². The van der Waals surface area contributed by atoms with Gasteiger partial charge in [0.1, 0.15) is 11.2 Å². The van der Waals surface area contributed by atoms with Crippen LogP contribution in [-0.2, 0) is 16.6 Å². The first-order chi connectivity index (χ1) is 8.58. The van der Waals surface area contributed by atoms with E-state index in [4.69, 9.17) is 0 Å². The Hall–Kier alpha value is -1.86. The molecule has 2 aromatic heterocycles. The molecule has 0 aromatic carbocycles. The molecular weight excluding hydrogens is 252 g/mol. The van der Waals surface area contributed by atoms with E-state index in [2.05, 4.69) is 19.7 Å². The fraction of sp³-hybridized carbons (Fsp3) is 0.182. The maximum atomic E-state index is 11.9. The van der Waals surface area contributed by atoms with Crippen LogP contribution in [0.5, 0.6) is 0 Å². The van der Waals surface area contributed by atoms with Crippen LogP contribution in [0.4, 0.5) is 0 Å².